The summed E-state index contributed by atoms with van der Waals surface area (Å²) in [6, 6.07) is 8.65. The summed E-state index contributed by atoms with van der Waals surface area (Å²) in [6.45, 7) is 8.16. The lowest BCUT2D eigenvalue weighted by molar-refractivity contribution is 0.105. The van der Waals surface area contributed by atoms with E-state index in [1.54, 1.807) is 7.11 Å². The predicted octanol–water partition coefficient (Wildman–Crippen LogP) is 3.22. The van der Waals surface area contributed by atoms with Crippen LogP contribution in [0.2, 0.25) is 0 Å². The van der Waals surface area contributed by atoms with Gasteiger partial charge in [-0.1, -0.05) is 19.1 Å². The molecule has 1 unspecified atom stereocenters. The second kappa shape index (κ2) is 8.51. The molecular formula is C14H23BrN2O. The molecule has 0 aliphatic heterocycles. The van der Waals surface area contributed by atoms with Gasteiger partial charge in [0.25, 0.3) is 0 Å². The van der Waals surface area contributed by atoms with E-state index < -0.39 is 0 Å². The van der Waals surface area contributed by atoms with Crippen molar-refractivity contribution in [2.75, 3.05) is 38.7 Å². The topological polar surface area (TPSA) is 24.5 Å². The van der Waals surface area contributed by atoms with Gasteiger partial charge in [0, 0.05) is 36.4 Å². The van der Waals surface area contributed by atoms with E-state index in [9.17, 15) is 0 Å². The Morgan fingerprint density at radius 1 is 1.39 bits per heavy atom. The third-order valence-electron chi connectivity index (χ3n) is 3.03. The van der Waals surface area contributed by atoms with E-state index in [-0.39, 0.29) is 0 Å². The number of halogens is 1. The molecule has 0 aliphatic rings. The number of rotatable bonds is 8. The normalized spacial score (nSPS) is 12.7. The first-order chi connectivity index (χ1) is 8.69. The summed E-state index contributed by atoms with van der Waals surface area (Å²) in [5, 5.41) is 3.45. The molecule has 0 amide bonds. The van der Waals surface area contributed by atoms with Crippen LogP contribution in [-0.4, -0.2) is 44.3 Å². The van der Waals surface area contributed by atoms with Crippen molar-refractivity contribution in [1.29, 1.82) is 0 Å². The van der Waals surface area contributed by atoms with Crippen molar-refractivity contribution >= 4 is 21.6 Å². The van der Waals surface area contributed by atoms with Crippen molar-refractivity contribution in [3.8, 4) is 0 Å². The van der Waals surface area contributed by atoms with Crippen molar-refractivity contribution in [3.05, 3.63) is 28.7 Å². The predicted molar refractivity (Wildman–Crippen MR) is 81.2 cm³/mol. The Morgan fingerprint density at radius 3 is 2.72 bits per heavy atom. The van der Waals surface area contributed by atoms with Gasteiger partial charge in [-0.15, -0.1) is 0 Å². The zero-order chi connectivity index (χ0) is 13.4. The summed E-state index contributed by atoms with van der Waals surface area (Å²) in [5.74, 6) is 0. The first-order valence-electron chi connectivity index (χ1n) is 6.40. The van der Waals surface area contributed by atoms with E-state index >= 15 is 0 Å². The SMILES string of the molecule is CCN(CCNc1ccccc1Br)C(C)COC. The second-order valence-electron chi connectivity index (χ2n) is 4.34. The van der Waals surface area contributed by atoms with Gasteiger partial charge in [-0.05, 0) is 41.5 Å². The fourth-order valence-corrected chi connectivity index (χ4v) is 2.40. The van der Waals surface area contributed by atoms with Crippen molar-refractivity contribution in [2.24, 2.45) is 0 Å². The highest BCUT2D eigenvalue weighted by atomic mass is 79.9. The molecular weight excluding hydrogens is 292 g/mol. The quantitative estimate of drug-likeness (QED) is 0.797. The standard InChI is InChI=1S/C14H23BrN2O/c1-4-17(12(2)11-18-3)10-9-16-14-8-6-5-7-13(14)15/h5-8,12,16H,4,9-11H2,1-3H3. The molecule has 0 radical (unpaired) electrons. The minimum absolute atomic E-state index is 0.459. The summed E-state index contributed by atoms with van der Waals surface area (Å²) < 4.78 is 6.31. The van der Waals surface area contributed by atoms with Gasteiger partial charge in [0.15, 0.2) is 0 Å². The highest BCUT2D eigenvalue weighted by Crippen LogP contribution is 2.20. The van der Waals surface area contributed by atoms with E-state index in [0.717, 1.165) is 36.4 Å². The van der Waals surface area contributed by atoms with Gasteiger partial charge in [0.2, 0.25) is 0 Å². The molecule has 1 atom stereocenters. The number of para-hydroxylation sites is 1. The zero-order valence-corrected chi connectivity index (χ0v) is 13.0. The lowest BCUT2D eigenvalue weighted by atomic mass is 10.3. The fraction of sp³-hybridized carbons (Fsp3) is 0.571. The summed E-state index contributed by atoms with van der Waals surface area (Å²) in [7, 11) is 1.75. The van der Waals surface area contributed by atoms with Crippen LogP contribution in [0.5, 0.6) is 0 Å². The Hall–Kier alpha value is -0.580. The Bertz CT molecular complexity index is 346. The summed E-state index contributed by atoms with van der Waals surface area (Å²) in [6.07, 6.45) is 0. The Labute approximate surface area is 119 Å². The van der Waals surface area contributed by atoms with E-state index in [2.05, 4.69) is 46.1 Å². The van der Waals surface area contributed by atoms with Crippen LogP contribution in [0.15, 0.2) is 28.7 Å². The maximum absolute atomic E-state index is 5.20. The highest BCUT2D eigenvalue weighted by molar-refractivity contribution is 9.10. The van der Waals surface area contributed by atoms with Crippen LogP contribution in [0.1, 0.15) is 13.8 Å². The summed E-state index contributed by atoms with van der Waals surface area (Å²) in [4.78, 5) is 2.41. The maximum Gasteiger partial charge on any atom is 0.0615 e. The molecule has 0 bridgehead atoms. The monoisotopic (exact) mass is 314 g/mol. The number of anilines is 1. The highest BCUT2D eigenvalue weighted by Gasteiger charge is 2.10. The number of ether oxygens (including phenoxy) is 1. The molecule has 1 aromatic rings. The van der Waals surface area contributed by atoms with Crippen LogP contribution in [0.4, 0.5) is 5.69 Å². The number of methoxy groups -OCH3 is 1. The van der Waals surface area contributed by atoms with Crippen LogP contribution in [-0.2, 0) is 4.74 Å². The van der Waals surface area contributed by atoms with E-state index in [0.29, 0.717) is 6.04 Å². The lowest BCUT2D eigenvalue weighted by Crippen LogP contribution is -2.39. The molecule has 1 aromatic carbocycles. The lowest BCUT2D eigenvalue weighted by Gasteiger charge is -2.27. The smallest absolute Gasteiger partial charge is 0.0615 e. The van der Waals surface area contributed by atoms with Gasteiger partial charge >= 0.3 is 0 Å². The largest absolute Gasteiger partial charge is 0.383 e. The van der Waals surface area contributed by atoms with Crippen LogP contribution >= 0.6 is 15.9 Å². The first-order valence-corrected chi connectivity index (χ1v) is 7.19. The zero-order valence-electron chi connectivity index (χ0n) is 11.4. The van der Waals surface area contributed by atoms with E-state index in [4.69, 9.17) is 4.74 Å². The molecule has 0 fully saturated rings. The molecule has 18 heavy (non-hydrogen) atoms. The third-order valence-corrected chi connectivity index (χ3v) is 3.72. The number of hydrogen-bond donors (Lipinski definition) is 1. The molecule has 3 nitrogen and oxygen atoms in total. The van der Waals surface area contributed by atoms with Gasteiger partial charge in [-0.2, -0.15) is 0 Å². The Morgan fingerprint density at radius 2 is 2.11 bits per heavy atom. The van der Waals surface area contributed by atoms with Crippen LogP contribution < -0.4 is 5.32 Å². The van der Waals surface area contributed by atoms with Crippen LogP contribution in [0.25, 0.3) is 0 Å². The molecule has 1 N–H and O–H groups in total. The number of nitrogens with zero attached hydrogens (tertiary/aromatic N) is 1. The minimum Gasteiger partial charge on any atom is -0.383 e. The number of benzene rings is 1. The summed E-state index contributed by atoms with van der Waals surface area (Å²) >= 11 is 3.54. The molecule has 0 aliphatic carbocycles. The van der Waals surface area contributed by atoms with Crippen molar-refractivity contribution in [3.63, 3.8) is 0 Å². The van der Waals surface area contributed by atoms with Crippen molar-refractivity contribution in [1.82, 2.24) is 4.90 Å². The van der Waals surface area contributed by atoms with Crippen molar-refractivity contribution in [2.45, 2.75) is 19.9 Å². The van der Waals surface area contributed by atoms with Gasteiger partial charge in [0.05, 0.1) is 6.61 Å². The van der Waals surface area contributed by atoms with Gasteiger partial charge in [-0.25, -0.2) is 0 Å². The van der Waals surface area contributed by atoms with Gasteiger partial charge in [-0.3, -0.25) is 4.90 Å². The molecule has 0 saturated heterocycles. The van der Waals surface area contributed by atoms with E-state index in [1.165, 1.54) is 0 Å². The maximum atomic E-state index is 5.20. The van der Waals surface area contributed by atoms with E-state index in [1.807, 2.05) is 18.2 Å². The third kappa shape index (κ3) is 4.96. The Kier molecular flexibility index (Phi) is 7.32. The van der Waals surface area contributed by atoms with Crippen LogP contribution in [0.3, 0.4) is 0 Å². The molecule has 4 heteroatoms. The minimum atomic E-state index is 0.459. The first kappa shape index (κ1) is 15.5. The molecule has 0 heterocycles. The van der Waals surface area contributed by atoms with Crippen molar-refractivity contribution < 1.29 is 4.74 Å². The molecule has 102 valence electrons. The second-order valence-corrected chi connectivity index (χ2v) is 5.19. The fourth-order valence-electron chi connectivity index (χ4n) is 1.98. The number of nitrogens with one attached hydrogen (secondary N) is 1. The summed E-state index contributed by atoms with van der Waals surface area (Å²) in [5.41, 5.74) is 1.15. The Balaban J connectivity index is 2.38. The molecule has 0 saturated carbocycles. The average Bonchev–Trinajstić information content (AvgIpc) is 2.37. The van der Waals surface area contributed by atoms with Gasteiger partial charge in [0.1, 0.15) is 0 Å². The molecule has 1 rings (SSSR count). The van der Waals surface area contributed by atoms with Gasteiger partial charge < -0.3 is 10.1 Å². The molecule has 0 spiro atoms. The number of hydrogen-bond acceptors (Lipinski definition) is 3. The molecule has 0 aromatic heterocycles. The number of likely N-dealkylation sites (N-methyl/N-ethyl adjacent to an activating group) is 1. The average molecular weight is 315 g/mol. The van der Waals surface area contributed by atoms with Crippen LogP contribution in [0, 0.1) is 0 Å².